The van der Waals surface area contributed by atoms with Crippen molar-refractivity contribution in [2.75, 3.05) is 31.5 Å². The average molecular weight is 275 g/mol. The van der Waals surface area contributed by atoms with Crippen molar-refractivity contribution in [2.24, 2.45) is 0 Å². The smallest absolute Gasteiger partial charge is 0.328 e. The maximum absolute atomic E-state index is 11.0. The van der Waals surface area contributed by atoms with Gasteiger partial charge in [0.1, 0.15) is 11.6 Å². The van der Waals surface area contributed by atoms with Crippen molar-refractivity contribution in [1.82, 2.24) is 9.88 Å². The molecule has 2 rings (SSSR count). The number of likely N-dealkylation sites (tertiary alicyclic amines) is 1. The van der Waals surface area contributed by atoms with Gasteiger partial charge in [-0.1, -0.05) is 0 Å². The van der Waals surface area contributed by atoms with Crippen molar-refractivity contribution in [3.63, 3.8) is 0 Å². The van der Waals surface area contributed by atoms with Crippen molar-refractivity contribution >= 4 is 11.5 Å². The first kappa shape index (κ1) is 14.2. The zero-order valence-electron chi connectivity index (χ0n) is 11.2. The van der Waals surface area contributed by atoms with Crippen LogP contribution in [0.1, 0.15) is 24.8 Å². The fourth-order valence-corrected chi connectivity index (χ4v) is 2.37. The molecule has 20 heavy (non-hydrogen) atoms. The summed E-state index contributed by atoms with van der Waals surface area (Å²) in [6.45, 7) is 3.88. The Morgan fingerprint density at radius 3 is 2.90 bits per heavy atom. The summed E-state index contributed by atoms with van der Waals surface area (Å²) < 4.78 is 0. The lowest BCUT2D eigenvalue weighted by Gasteiger charge is -2.14. The summed E-state index contributed by atoms with van der Waals surface area (Å²) >= 11 is 0. The van der Waals surface area contributed by atoms with Crippen LogP contribution >= 0.6 is 0 Å². The Bertz CT molecular complexity index is 520. The molecule has 1 aliphatic rings. The van der Waals surface area contributed by atoms with Crippen molar-refractivity contribution in [3.05, 3.63) is 27.9 Å². The molecule has 1 aromatic rings. The van der Waals surface area contributed by atoms with E-state index in [9.17, 15) is 10.1 Å². The maximum atomic E-state index is 11.0. The lowest BCUT2D eigenvalue weighted by atomic mass is 10.2. The summed E-state index contributed by atoms with van der Waals surface area (Å²) in [5.41, 5.74) is -0.205. The molecule has 0 bridgehead atoms. The zero-order chi connectivity index (χ0) is 14.4. The summed E-state index contributed by atoms with van der Waals surface area (Å²) in [7, 11) is 0. The molecule has 0 aliphatic carbocycles. The first-order valence-electron chi connectivity index (χ1n) is 6.72. The predicted molar refractivity (Wildman–Crippen MR) is 74.4 cm³/mol. The van der Waals surface area contributed by atoms with Crippen LogP contribution in [0, 0.1) is 21.4 Å². The van der Waals surface area contributed by atoms with Crippen LogP contribution in [0.2, 0.25) is 0 Å². The normalized spacial score (nSPS) is 14.9. The molecule has 0 spiro atoms. The number of nitro groups is 1. The molecule has 1 aliphatic heterocycles. The predicted octanol–water partition coefficient (Wildman–Crippen LogP) is 1.76. The van der Waals surface area contributed by atoms with Gasteiger partial charge in [-0.3, -0.25) is 10.1 Å². The standard InChI is InChI=1S/C13H17N5O2/c14-10-11-4-6-16-13(12(11)18(19)20)15-5-3-9-17-7-1-2-8-17/h4,6H,1-3,5,7-9H2,(H,15,16). The Balaban J connectivity index is 1.92. The highest BCUT2D eigenvalue weighted by Crippen LogP contribution is 2.25. The topological polar surface area (TPSA) is 95.1 Å². The van der Waals surface area contributed by atoms with E-state index >= 15 is 0 Å². The van der Waals surface area contributed by atoms with Gasteiger partial charge in [0.25, 0.3) is 0 Å². The number of hydrogen-bond acceptors (Lipinski definition) is 6. The minimum Gasteiger partial charge on any atom is -0.364 e. The second-order valence-electron chi connectivity index (χ2n) is 4.75. The molecule has 0 saturated carbocycles. The molecule has 0 amide bonds. The number of anilines is 1. The molecule has 1 fully saturated rings. The highest BCUT2D eigenvalue weighted by atomic mass is 16.6. The summed E-state index contributed by atoms with van der Waals surface area (Å²) in [6, 6.07) is 3.18. The van der Waals surface area contributed by atoms with Gasteiger partial charge in [-0.05, 0) is 45.0 Å². The highest BCUT2D eigenvalue weighted by Gasteiger charge is 2.20. The van der Waals surface area contributed by atoms with Gasteiger partial charge < -0.3 is 10.2 Å². The molecule has 1 aromatic heterocycles. The molecule has 2 heterocycles. The van der Waals surface area contributed by atoms with Crippen LogP contribution in [0.25, 0.3) is 0 Å². The van der Waals surface area contributed by atoms with Gasteiger partial charge in [-0.25, -0.2) is 4.98 Å². The van der Waals surface area contributed by atoms with Gasteiger partial charge in [-0.2, -0.15) is 5.26 Å². The second-order valence-corrected chi connectivity index (χ2v) is 4.75. The van der Waals surface area contributed by atoms with Crippen LogP contribution in [0.5, 0.6) is 0 Å². The highest BCUT2D eigenvalue weighted by molar-refractivity contribution is 5.63. The van der Waals surface area contributed by atoms with E-state index in [4.69, 9.17) is 5.26 Å². The molecule has 7 nitrogen and oxygen atoms in total. The molecular formula is C13H17N5O2. The van der Waals surface area contributed by atoms with E-state index in [-0.39, 0.29) is 17.1 Å². The Kier molecular flexibility index (Phi) is 4.85. The number of aromatic nitrogens is 1. The van der Waals surface area contributed by atoms with Crippen LogP contribution in [-0.4, -0.2) is 41.0 Å². The third-order valence-corrected chi connectivity index (χ3v) is 3.37. The van der Waals surface area contributed by atoms with E-state index in [0.29, 0.717) is 6.54 Å². The number of hydrogen-bond donors (Lipinski definition) is 1. The zero-order valence-corrected chi connectivity index (χ0v) is 11.2. The quantitative estimate of drug-likeness (QED) is 0.483. The van der Waals surface area contributed by atoms with Gasteiger partial charge in [0.15, 0.2) is 0 Å². The van der Waals surface area contributed by atoms with E-state index in [1.54, 1.807) is 0 Å². The summed E-state index contributed by atoms with van der Waals surface area (Å²) in [6.07, 6.45) is 4.82. The van der Waals surface area contributed by atoms with Crippen LogP contribution in [0.15, 0.2) is 12.3 Å². The molecule has 106 valence electrons. The number of nitriles is 1. The van der Waals surface area contributed by atoms with E-state index < -0.39 is 4.92 Å². The third-order valence-electron chi connectivity index (χ3n) is 3.37. The molecule has 0 aromatic carbocycles. The van der Waals surface area contributed by atoms with Crippen molar-refractivity contribution in [3.8, 4) is 6.07 Å². The lowest BCUT2D eigenvalue weighted by molar-refractivity contribution is -0.384. The molecule has 1 N–H and O–H groups in total. The van der Waals surface area contributed by atoms with Crippen LogP contribution in [0.3, 0.4) is 0 Å². The minimum atomic E-state index is -0.561. The summed E-state index contributed by atoms with van der Waals surface area (Å²) in [4.78, 5) is 16.8. The summed E-state index contributed by atoms with van der Waals surface area (Å²) in [5, 5.41) is 22.9. The molecule has 1 saturated heterocycles. The SMILES string of the molecule is N#Cc1ccnc(NCCCN2CCCC2)c1[N+](=O)[O-]. The molecular weight excluding hydrogens is 258 g/mol. The Morgan fingerprint density at radius 2 is 2.25 bits per heavy atom. The van der Waals surface area contributed by atoms with Crippen LogP contribution in [-0.2, 0) is 0 Å². The van der Waals surface area contributed by atoms with Crippen molar-refractivity contribution < 1.29 is 4.92 Å². The maximum Gasteiger partial charge on any atom is 0.328 e. The molecule has 0 radical (unpaired) electrons. The largest absolute Gasteiger partial charge is 0.364 e. The Labute approximate surface area is 117 Å². The molecule has 0 atom stereocenters. The van der Waals surface area contributed by atoms with E-state index in [1.165, 1.54) is 25.1 Å². The van der Waals surface area contributed by atoms with Crippen LogP contribution in [0.4, 0.5) is 11.5 Å². The van der Waals surface area contributed by atoms with Gasteiger partial charge in [-0.15, -0.1) is 0 Å². The number of nitrogens with one attached hydrogen (secondary N) is 1. The number of nitrogens with zero attached hydrogens (tertiary/aromatic N) is 4. The van der Waals surface area contributed by atoms with Gasteiger partial charge in [0.2, 0.25) is 5.82 Å². The minimum absolute atomic E-state index is 0.0343. The van der Waals surface area contributed by atoms with Gasteiger partial charge in [0, 0.05) is 12.7 Å². The Hall–Kier alpha value is -2.20. The third kappa shape index (κ3) is 3.42. The van der Waals surface area contributed by atoms with E-state index in [0.717, 1.165) is 26.1 Å². The molecule has 7 heteroatoms. The Morgan fingerprint density at radius 1 is 1.50 bits per heavy atom. The van der Waals surface area contributed by atoms with Crippen LogP contribution < -0.4 is 5.32 Å². The first-order valence-corrected chi connectivity index (χ1v) is 6.72. The number of pyridine rings is 1. The number of rotatable bonds is 6. The summed E-state index contributed by atoms with van der Waals surface area (Å²) in [5.74, 6) is 0.176. The van der Waals surface area contributed by atoms with E-state index in [2.05, 4.69) is 15.2 Å². The first-order chi connectivity index (χ1) is 9.72. The van der Waals surface area contributed by atoms with Gasteiger partial charge in [0.05, 0.1) is 4.92 Å². The second kappa shape index (κ2) is 6.82. The van der Waals surface area contributed by atoms with Gasteiger partial charge >= 0.3 is 5.69 Å². The van der Waals surface area contributed by atoms with Crippen molar-refractivity contribution in [1.29, 1.82) is 5.26 Å². The lowest BCUT2D eigenvalue weighted by Crippen LogP contribution is -2.22. The van der Waals surface area contributed by atoms with Crippen molar-refractivity contribution in [2.45, 2.75) is 19.3 Å². The average Bonchev–Trinajstić information content (AvgIpc) is 2.96. The molecule has 0 unspecified atom stereocenters. The van der Waals surface area contributed by atoms with E-state index in [1.807, 2.05) is 6.07 Å². The fraction of sp³-hybridized carbons (Fsp3) is 0.538. The monoisotopic (exact) mass is 275 g/mol. The fourth-order valence-electron chi connectivity index (χ4n) is 2.37.